The number of carbonyl (C=O) groups is 1. The molecule has 0 spiro atoms. The van der Waals surface area contributed by atoms with Gasteiger partial charge in [0.15, 0.2) is 11.4 Å². The zero-order chi connectivity index (χ0) is 17.4. The smallest absolute Gasteiger partial charge is 0.266 e. The highest BCUT2D eigenvalue weighted by molar-refractivity contribution is 7.71. The zero-order valence-electron chi connectivity index (χ0n) is 13.2. The van der Waals surface area contributed by atoms with Gasteiger partial charge in [0.25, 0.3) is 10.7 Å². The number of carbonyl (C=O) groups excluding carboxylic acids is 1. The topological polar surface area (TPSA) is 88.7 Å². The third kappa shape index (κ3) is 2.83. The maximum absolute atomic E-state index is 12.6. The minimum atomic E-state index is -0.256. The first kappa shape index (κ1) is 15.3. The summed E-state index contributed by atoms with van der Waals surface area (Å²) < 4.78 is 6.99. The van der Waals surface area contributed by atoms with Gasteiger partial charge in [0, 0.05) is 18.0 Å². The number of rotatable bonds is 3. The Bertz CT molecular complexity index is 1130. The van der Waals surface area contributed by atoms with Gasteiger partial charge in [-0.3, -0.25) is 4.79 Å². The lowest BCUT2D eigenvalue weighted by molar-refractivity contribution is 0.102. The number of hydrogen-bond acceptors (Lipinski definition) is 5. The van der Waals surface area contributed by atoms with Crippen molar-refractivity contribution in [2.24, 2.45) is 0 Å². The number of benzene rings is 1. The normalized spacial score (nSPS) is 10.9. The quantitative estimate of drug-likeness (QED) is 0.550. The third-order valence-electron chi connectivity index (χ3n) is 3.80. The largest absolute Gasteiger partial charge is 0.429 e. The van der Waals surface area contributed by atoms with Gasteiger partial charge in [-0.15, -0.1) is 0 Å². The highest BCUT2D eigenvalue weighted by Crippen LogP contribution is 2.20. The number of aromatic nitrogens is 4. The van der Waals surface area contributed by atoms with Gasteiger partial charge in [0.1, 0.15) is 0 Å². The van der Waals surface area contributed by atoms with Crippen molar-refractivity contribution in [3.05, 3.63) is 64.9 Å². The number of oxazole rings is 1. The Morgan fingerprint density at radius 2 is 2.20 bits per heavy atom. The minimum absolute atomic E-state index is 0.256. The van der Waals surface area contributed by atoms with Crippen molar-refractivity contribution in [1.82, 2.24) is 19.7 Å². The lowest BCUT2D eigenvalue weighted by Gasteiger charge is -2.06. The summed E-state index contributed by atoms with van der Waals surface area (Å²) in [5, 5.41) is 7.10. The van der Waals surface area contributed by atoms with Crippen LogP contribution in [0.1, 0.15) is 16.1 Å². The highest BCUT2D eigenvalue weighted by Gasteiger charge is 2.16. The summed E-state index contributed by atoms with van der Waals surface area (Å²) in [4.78, 5) is 20.0. The molecule has 124 valence electrons. The van der Waals surface area contributed by atoms with Crippen LogP contribution in [0.15, 0.2) is 53.2 Å². The first-order valence-electron chi connectivity index (χ1n) is 7.52. The van der Waals surface area contributed by atoms with Crippen LogP contribution in [0.25, 0.3) is 16.9 Å². The van der Waals surface area contributed by atoms with Crippen LogP contribution in [0.3, 0.4) is 0 Å². The van der Waals surface area contributed by atoms with Gasteiger partial charge in [-0.1, -0.05) is 6.07 Å². The monoisotopic (exact) mass is 351 g/mol. The van der Waals surface area contributed by atoms with Crippen molar-refractivity contribution < 1.29 is 9.21 Å². The van der Waals surface area contributed by atoms with Crippen molar-refractivity contribution >= 4 is 34.9 Å². The summed E-state index contributed by atoms with van der Waals surface area (Å²) in [5.74, 6) is 0.401. The molecule has 7 nitrogen and oxygen atoms in total. The van der Waals surface area contributed by atoms with Crippen molar-refractivity contribution in [2.45, 2.75) is 6.92 Å². The molecule has 0 bridgehead atoms. The molecule has 1 aromatic carbocycles. The molecule has 8 heteroatoms. The SMILES string of the molecule is Cc1c(C(=O)Nc2ccc3[nH]c(=S)oc3c2)cnn1-c1ccccn1. The molecule has 0 saturated carbocycles. The van der Waals surface area contributed by atoms with E-state index in [1.807, 2.05) is 25.1 Å². The molecule has 2 N–H and O–H groups in total. The molecule has 0 atom stereocenters. The van der Waals surface area contributed by atoms with Crippen LogP contribution in [0.4, 0.5) is 5.69 Å². The summed E-state index contributed by atoms with van der Waals surface area (Å²) in [7, 11) is 0. The van der Waals surface area contributed by atoms with Crippen LogP contribution in [0.2, 0.25) is 0 Å². The number of anilines is 1. The Balaban J connectivity index is 1.62. The van der Waals surface area contributed by atoms with Crippen LogP contribution < -0.4 is 5.32 Å². The first-order chi connectivity index (χ1) is 12.1. The second-order valence-corrected chi connectivity index (χ2v) is 5.79. The van der Waals surface area contributed by atoms with Crippen LogP contribution >= 0.6 is 12.2 Å². The number of pyridine rings is 1. The lowest BCUT2D eigenvalue weighted by atomic mass is 10.2. The fraction of sp³-hybridized carbons (Fsp3) is 0.0588. The molecule has 1 amide bonds. The summed E-state index contributed by atoms with van der Waals surface area (Å²) >= 11 is 4.96. The number of nitrogens with one attached hydrogen (secondary N) is 2. The number of amides is 1. The number of H-pyrrole nitrogens is 1. The number of aromatic amines is 1. The first-order valence-corrected chi connectivity index (χ1v) is 7.93. The van der Waals surface area contributed by atoms with E-state index in [1.165, 1.54) is 6.20 Å². The Hall–Kier alpha value is -3.26. The summed E-state index contributed by atoms with van der Waals surface area (Å²) in [6.07, 6.45) is 3.21. The average molecular weight is 351 g/mol. The predicted octanol–water partition coefficient (Wildman–Crippen LogP) is 3.63. The molecular formula is C17H13N5O2S. The predicted molar refractivity (Wildman–Crippen MR) is 95.4 cm³/mol. The zero-order valence-corrected chi connectivity index (χ0v) is 14.0. The summed E-state index contributed by atoms with van der Waals surface area (Å²) in [5.41, 5.74) is 3.16. The van der Waals surface area contributed by atoms with Gasteiger partial charge >= 0.3 is 0 Å². The van der Waals surface area contributed by atoms with Gasteiger partial charge in [-0.2, -0.15) is 5.10 Å². The van der Waals surface area contributed by atoms with Crippen LogP contribution in [-0.4, -0.2) is 25.7 Å². The molecule has 0 aliphatic carbocycles. The third-order valence-corrected chi connectivity index (χ3v) is 3.98. The van der Waals surface area contributed by atoms with E-state index in [9.17, 15) is 4.79 Å². The molecule has 0 aliphatic heterocycles. The molecule has 4 aromatic rings. The van der Waals surface area contributed by atoms with Crippen molar-refractivity contribution in [1.29, 1.82) is 0 Å². The fourth-order valence-corrected chi connectivity index (χ4v) is 2.76. The van der Waals surface area contributed by atoms with Crippen LogP contribution in [0.5, 0.6) is 0 Å². The van der Waals surface area contributed by atoms with E-state index < -0.39 is 0 Å². The standard InChI is InChI=1S/C17H13N5O2S/c1-10-12(9-19-22(10)15-4-2-3-7-18-15)16(23)20-11-5-6-13-14(8-11)24-17(25)21-13/h2-9H,1H3,(H,20,23)(H,21,25). The average Bonchev–Trinajstić information content (AvgIpc) is 3.17. The Morgan fingerprint density at radius 1 is 1.32 bits per heavy atom. The Kier molecular flexibility index (Phi) is 3.66. The summed E-state index contributed by atoms with van der Waals surface area (Å²) in [6.45, 7) is 1.82. The molecule has 0 unspecified atom stereocenters. The van der Waals surface area contributed by atoms with E-state index in [-0.39, 0.29) is 5.91 Å². The van der Waals surface area contributed by atoms with Gasteiger partial charge in [0.2, 0.25) is 0 Å². The van der Waals surface area contributed by atoms with Crippen molar-refractivity contribution in [3.8, 4) is 5.82 Å². The molecule has 3 heterocycles. The van der Waals surface area contributed by atoms with E-state index in [1.54, 1.807) is 29.1 Å². The number of nitrogens with zero attached hydrogens (tertiary/aromatic N) is 3. The molecule has 0 radical (unpaired) electrons. The molecule has 25 heavy (non-hydrogen) atoms. The maximum Gasteiger partial charge on any atom is 0.266 e. The van der Waals surface area contributed by atoms with Crippen molar-refractivity contribution in [3.63, 3.8) is 0 Å². The van der Waals surface area contributed by atoms with E-state index in [0.29, 0.717) is 33.2 Å². The molecular weight excluding hydrogens is 338 g/mol. The van der Waals surface area contributed by atoms with Crippen LogP contribution in [0, 0.1) is 11.8 Å². The highest BCUT2D eigenvalue weighted by atomic mass is 32.1. The van der Waals surface area contributed by atoms with Gasteiger partial charge in [-0.05, 0) is 43.4 Å². The molecule has 3 aromatic heterocycles. The molecule has 0 saturated heterocycles. The molecule has 0 fully saturated rings. The van der Waals surface area contributed by atoms with Crippen LogP contribution in [-0.2, 0) is 0 Å². The fourth-order valence-electron chi connectivity index (χ4n) is 2.56. The van der Waals surface area contributed by atoms with E-state index in [2.05, 4.69) is 20.4 Å². The number of hydrogen-bond donors (Lipinski definition) is 2. The second-order valence-electron chi connectivity index (χ2n) is 5.42. The van der Waals surface area contributed by atoms with Gasteiger partial charge in [-0.25, -0.2) is 9.67 Å². The van der Waals surface area contributed by atoms with Gasteiger partial charge in [0.05, 0.1) is 23.0 Å². The molecule has 0 aliphatic rings. The van der Waals surface area contributed by atoms with E-state index in [0.717, 1.165) is 5.52 Å². The lowest BCUT2D eigenvalue weighted by Crippen LogP contribution is -2.13. The minimum Gasteiger partial charge on any atom is -0.429 e. The molecule has 4 rings (SSSR count). The Morgan fingerprint density at radius 3 is 3.00 bits per heavy atom. The Labute approximate surface area is 147 Å². The number of fused-ring (bicyclic) bond motifs is 1. The maximum atomic E-state index is 12.6. The van der Waals surface area contributed by atoms with E-state index in [4.69, 9.17) is 16.6 Å². The van der Waals surface area contributed by atoms with E-state index >= 15 is 0 Å². The summed E-state index contributed by atoms with van der Waals surface area (Å²) in [6, 6.07) is 10.8. The van der Waals surface area contributed by atoms with Crippen molar-refractivity contribution in [2.75, 3.05) is 5.32 Å². The van der Waals surface area contributed by atoms with Gasteiger partial charge < -0.3 is 14.7 Å². The second kappa shape index (κ2) is 5.99.